The third-order valence-corrected chi connectivity index (χ3v) is 6.88. The maximum Gasteiger partial charge on any atom is 0.411 e. The van der Waals surface area contributed by atoms with Gasteiger partial charge in [0.25, 0.3) is 0 Å². The quantitative estimate of drug-likeness (QED) is 0.576. The lowest BCUT2D eigenvalue weighted by Crippen LogP contribution is -2.41. The number of pyridine rings is 1. The molecule has 2 amide bonds. The van der Waals surface area contributed by atoms with Gasteiger partial charge in [-0.05, 0) is 43.2 Å². The van der Waals surface area contributed by atoms with Gasteiger partial charge in [0.2, 0.25) is 15.9 Å². The van der Waals surface area contributed by atoms with Crippen molar-refractivity contribution < 1.29 is 27.5 Å². The molecule has 1 aliphatic rings. The molecule has 0 saturated carbocycles. The highest BCUT2D eigenvalue weighted by Crippen LogP contribution is 2.25. The normalized spacial score (nSPS) is 15.2. The predicted octanol–water partition coefficient (Wildman–Crippen LogP) is 2.32. The van der Waals surface area contributed by atoms with Crippen molar-refractivity contribution in [2.24, 2.45) is 5.92 Å². The van der Waals surface area contributed by atoms with E-state index >= 15 is 0 Å². The zero-order valence-electron chi connectivity index (χ0n) is 17.7. The minimum atomic E-state index is -3.62. The number of hydrogen-bond donors (Lipinski definition) is 2. The standard InChI is InChI=1S/C21H26N4O6S/c1-30-12-13-31-21(27)24-18-5-2-4-17(14-18)23-20(26)16-7-10-25(11-8-16)32(28,29)19-6-3-9-22-15-19/h2-6,9,14-16H,7-8,10-13H2,1H3,(H,23,26)(H,24,27). The molecule has 0 bridgehead atoms. The molecule has 0 spiro atoms. The summed E-state index contributed by atoms with van der Waals surface area (Å²) in [6.45, 7) is 0.939. The molecule has 1 saturated heterocycles. The molecule has 1 fully saturated rings. The Labute approximate surface area is 187 Å². The Kier molecular flexibility index (Phi) is 8.14. The topological polar surface area (TPSA) is 127 Å². The third-order valence-electron chi connectivity index (χ3n) is 4.99. The molecule has 2 heterocycles. The number of anilines is 2. The molecule has 3 rings (SSSR count). The van der Waals surface area contributed by atoms with Crippen LogP contribution in [-0.4, -0.2) is 63.1 Å². The van der Waals surface area contributed by atoms with Crippen LogP contribution >= 0.6 is 0 Å². The van der Waals surface area contributed by atoms with Crippen LogP contribution in [0.2, 0.25) is 0 Å². The first-order valence-electron chi connectivity index (χ1n) is 10.1. The van der Waals surface area contributed by atoms with Crippen molar-refractivity contribution >= 4 is 33.4 Å². The first kappa shape index (κ1) is 23.6. The Morgan fingerprint density at radius 2 is 1.81 bits per heavy atom. The number of ether oxygens (including phenoxy) is 2. The summed E-state index contributed by atoms with van der Waals surface area (Å²) in [5, 5.41) is 5.42. The minimum Gasteiger partial charge on any atom is -0.447 e. The molecule has 0 atom stereocenters. The molecule has 2 aromatic rings. The summed E-state index contributed by atoms with van der Waals surface area (Å²) in [5.74, 6) is -0.505. The molecule has 10 nitrogen and oxygen atoms in total. The van der Waals surface area contributed by atoms with Crippen LogP contribution < -0.4 is 10.6 Å². The van der Waals surface area contributed by atoms with Gasteiger partial charge in [0.1, 0.15) is 11.5 Å². The highest BCUT2D eigenvalue weighted by molar-refractivity contribution is 7.89. The van der Waals surface area contributed by atoms with Crippen LogP contribution in [0.3, 0.4) is 0 Å². The van der Waals surface area contributed by atoms with Crippen molar-refractivity contribution in [3.05, 3.63) is 48.8 Å². The number of carbonyl (C=O) groups is 2. The molecule has 32 heavy (non-hydrogen) atoms. The Balaban J connectivity index is 1.52. The number of hydrogen-bond acceptors (Lipinski definition) is 7. The Morgan fingerprint density at radius 3 is 2.47 bits per heavy atom. The smallest absolute Gasteiger partial charge is 0.411 e. The van der Waals surface area contributed by atoms with Crippen molar-refractivity contribution in [3.63, 3.8) is 0 Å². The van der Waals surface area contributed by atoms with Crippen LogP contribution in [0, 0.1) is 5.92 Å². The van der Waals surface area contributed by atoms with E-state index in [4.69, 9.17) is 9.47 Å². The number of carbonyl (C=O) groups excluding carboxylic acids is 2. The van der Waals surface area contributed by atoms with E-state index in [0.717, 1.165) is 0 Å². The maximum absolute atomic E-state index is 12.7. The number of sulfonamides is 1. The summed E-state index contributed by atoms with van der Waals surface area (Å²) >= 11 is 0. The molecule has 0 unspecified atom stereocenters. The lowest BCUT2D eigenvalue weighted by molar-refractivity contribution is -0.120. The van der Waals surface area contributed by atoms with Gasteiger partial charge >= 0.3 is 6.09 Å². The van der Waals surface area contributed by atoms with Gasteiger partial charge in [-0.25, -0.2) is 13.2 Å². The Bertz CT molecular complexity index is 1020. The van der Waals surface area contributed by atoms with Gasteiger partial charge < -0.3 is 14.8 Å². The molecular formula is C21H26N4O6S. The minimum absolute atomic E-state index is 0.133. The fraction of sp³-hybridized carbons (Fsp3) is 0.381. The lowest BCUT2D eigenvalue weighted by atomic mass is 9.97. The van der Waals surface area contributed by atoms with E-state index in [1.165, 1.54) is 29.9 Å². The van der Waals surface area contributed by atoms with Crippen LogP contribution in [0.25, 0.3) is 0 Å². The summed E-state index contributed by atoms with van der Waals surface area (Å²) < 4.78 is 36.5. The molecule has 1 aliphatic heterocycles. The molecule has 0 aliphatic carbocycles. The van der Waals surface area contributed by atoms with Crippen molar-refractivity contribution in [3.8, 4) is 0 Å². The maximum atomic E-state index is 12.7. The lowest BCUT2D eigenvalue weighted by Gasteiger charge is -2.30. The molecule has 1 aromatic heterocycles. The van der Waals surface area contributed by atoms with Gasteiger partial charge in [-0.15, -0.1) is 0 Å². The van der Waals surface area contributed by atoms with E-state index in [1.807, 2.05) is 0 Å². The van der Waals surface area contributed by atoms with Crippen LogP contribution in [0.5, 0.6) is 0 Å². The second-order valence-corrected chi connectivity index (χ2v) is 9.13. The monoisotopic (exact) mass is 462 g/mol. The van der Waals surface area contributed by atoms with Crippen LogP contribution in [0.4, 0.5) is 16.2 Å². The Morgan fingerprint density at radius 1 is 1.09 bits per heavy atom. The van der Waals surface area contributed by atoms with Crippen LogP contribution in [0.15, 0.2) is 53.7 Å². The molecule has 11 heteroatoms. The average Bonchev–Trinajstić information content (AvgIpc) is 2.80. The van der Waals surface area contributed by atoms with Gasteiger partial charge in [-0.3, -0.25) is 15.1 Å². The van der Waals surface area contributed by atoms with E-state index in [2.05, 4.69) is 15.6 Å². The van der Waals surface area contributed by atoms with Gasteiger partial charge in [-0.1, -0.05) is 6.07 Å². The molecule has 0 radical (unpaired) electrons. The number of rotatable bonds is 8. The third kappa shape index (κ3) is 6.25. The van der Waals surface area contributed by atoms with E-state index in [9.17, 15) is 18.0 Å². The first-order chi connectivity index (χ1) is 15.4. The van der Waals surface area contributed by atoms with Gasteiger partial charge in [-0.2, -0.15) is 4.31 Å². The second-order valence-electron chi connectivity index (χ2n) is 7.19. The number of amides is 2. The van der Waals surface area contributed by atoms with Crippen molar-refractivity contribution in [2.45, 2.75) is 17.7 Å². The molecule has 172 valence electrons. The van der Waals surface area contributed by atoms with E-state index < -0.39 is 16.1 Å². The number of aromatic nitrogens is 1. The highest BCUT2D eigenvalue weighted by atomic mass is 32.2. The largest absolute Gasteiger partial charge is 0.447 e. The van der Waals surface area contributed by atoms with Crippen molar-refractivity contribution in [1.82, 2.24) is 9.29 Å². The van der Waals surface area contributed by atoms with E-state index in [-0.39, 0.29) is 36.4 Å². The number of methoxy groups -OCH3 is 1. The SMILES string of the molecule is COCCOC(=O)Nc1cccc(NC(=O)C2CCN(S(=O)(=O)c3cccnc3)CC2)c1. The van der Waals surface area contributed by atoms with Crippen LogP contribution in [-0.2, 0) is 24.3 Å². The van der Waals surface area contributed by atoms with Crippen LogP contribution in [0.1, 0.15) is 12.8 Å². The summed E-state index contributed by atoms with van der Waals surface area (Å²) in [5.41, 5.74) is 0.998. The van der Waals surface area contributed by atoms with Gasteiger partial charge in [0, 0.05) is 49.9 Å². The summed E-state index contributed by atoms with van der Waals surface area (Å²) in [4.78, 5) is 28.5. The molecule has 2 N–H and O–H groups in total. The predicted molar refractivity (Wildman–Crippen MR) is 118 cm³/mol. The fourth-order valence-corrected chi connectivity index (χ4v) is 4.73. The fourth-order valence-electron chi connectivity index (χ4n) is 3.30. The zero-order valence-corrected chi connectivity index (χ0v) is 18.5. The molecule has 1 aromatic carbocycles. The second kappa shape index (κ2) is 11.0. The highest BCUT2D eigenvalue weighted by Gasteiger charge is 2.32. The number of piperidine rings is 1. The summed E-state index contributed by atoms with van der Waals surface area (Å²) in [6.07, 6.45) is 3.05. The number of benzene rings is 1. The van der Waals surface area contributed by atoms with E-state index in [0.29, 0.717) is 30.8 Å². The van der Waals surface area contributed by atoms with Crippen molar-refractivity contribution in [1.29, 1.82) is 0 Å². The Hall–Kier alpha value is -3.02. The van der Waals surface area contributed by atoms with E-state index in [1.54, 1.807) is 30.3 Å². The molecular weight excluding hydrogens is 436 g/mol. The average molecular weight is 463 g/mol. The van der Waals surface area contributed by atoms with Gasteiger partial charge in [0.15, 0.2) is 0 Å². The van der Waals surface area contributed by atoms with Crippen molar-refractivity contribution in [2.75, 3.05) is 44.0 Å². The first-order valence-corrected chi connectivity index (χ1v) is 11.6. The van der Waals surface area contributed by atoms with Gasteiger partial charge in [0.05, 0.1) is 6.61 Å². The zero-order chi connectivity index (χ0) is 23.0. The summed E-state index contributed by atoms with van der Waals surface area (Å²) in [7, 11) is -2.11. The summed E-state index contributed by atoms with van der Waals surface area (Å²) in [6, 6.07) is 9.79. The number of nitrogens with one attached hydrogen (secondary N) is 2. The number of nitrogens with zero attached hydrogens (tertiary/aromatic N) is 2.